The molecule has 2 aromatic rings. The summed E-state index contributed by atoms with van der Waals surface area (Å²) in [4.78, 5) is 12.2. The van der Waals surface area contributed by atoms with E-state index < -0.39 is 0 Å². The average molecular weight is 310 g/mol. The standard InChI is InChI=1S/C15H20ClN3S/c1-10(2)11-4-3-7-19(8-5-11)13-12-6-9-20-14(12)18-15(16)17-13/h6,9-11H,3-5,7-8H2,1-2H3. The highest BCUT2D eigenvalue weighted by Gasteiger charge is 2.22. The van der Waals surface area contributed by atoms with E-state index in [-0.39, 0.29) is 0 Å². The summed E-state index contributed by atoms with van der Waals surface area (Å²) in [6, 6.07) is 2.11. The SMILES string of the molecule is CC(C)C1CCCN(c2nc(Cl)nc3sccc23)CC1. The Hall–Kier alpha value is -0.870. The lowest BCUT2D eigenvalue weighted by molar-refractivity contribution is 0.351. The van der Waals surface area contributed by atoms with E-state index in [0.717, 1.165) is 41.0 Å². The maximum absolute atomic E-state index is 6.08. The molecule has 1 aliphatic heterocycles. The predicted octanol–water partition coefficient (Wildman–Crippen LogP) is 4.61. The van der Waals surface area contributed by atoms with Crippen molar-refractivity contribution in [1.82, 2.24) is 9.97 Å². The van der Waals surface area contributed by atoms with Crippen molar-refractivity contribution in [3.05, 3.63) is 16.7 Å². The molecule has 20 heavy (non-hydrogen) atoms. The lowest BCUT2D eigenvalue weighted by atomic mass is 9.89. The van der Waals surface area contributed by atoms with Gasteiger partial charge in [0, 0.05) is 13.1 Å². The molecule has 1 aliphatic rings. The van der Waals surface area contributed by atoms with Gasteiger partial charge in [0.05, 0.1) is 5.39 Å². The van der Waals surface area contributed by atoms with Crippen molar-refractivity contribution in [2.45, 2.75) is 33.1 Å². The summed E-state index contributed by atoms with van der Waals surface area (Å²) < 4.78 is 0. The maximum Gasteiger partial charge on any atom is 0.225 e. The summed E-state index contributed by atoms with van der Waals surface area (Å²) in [6.45, 7) is 6.81. The van der Waals surface area contributed by atoms with Gasteiger partial charge in [-0.3, -0.25) is 0 Å². The number of halogens is 1. The van der Waals surface area contributed by atoms with Gasteiger partial charge in [-0.1, -0.05) is 13.8 Å². The van der Waals surface area contributed by atoms with Crippen LogP contribution in [0.15, 0.2) is 11.4 Å². The van der Waals surface area contributed by atoms with E-state index in [4.69, 9.17) is 11.6 Å². The molecular weight excluding hydrogens is 290 g/mol. The lowest BCUT2D eigenvalue weighted by Gasteiger charge is -2.23. The van der Waals surface area contributed by atoms with Crippen molar-refractivity contribution in [3.8, 4) is 0 Å². The topological polar surface area (TPSA) is 29.0 Å². The number of aromatic nitrogens is 2. The zero-order chi connectivity index (χ0) is 14.1. The van der Waals surface area contributed by atoms with Crippen molar-refractivity contribution in [3.63, 3.8) is 0 Å². The smallest absolute Gasteiger partial charge is 0.225 e. The van der Waals surface area contributed by atoms with E-state index >= 15 is 0 Å². The van der Waals surface area contributed by atoms with Crippen LogP contribution >= 0.6 is 22.9 Å². The van der Waals surface area contributed by atoms with Crippen LogP contribution in [0, 0.1) is 11.8 Å². The van der Waals surface area contributed by atoms with Crippen LogP contribution in [0.5, 0.6) is 0 Å². The van der Waals surface area contributed by atoms with E-state index in [0.29, 0.717) is 5.28 Å². The number of hydrogen-bond donors (Lipinski definition) is 0. The Morgan fingerprint density at radius 3 is 2.95 bits per heavy atom. The maximum atomic E-state index is 6.08. The first-order valence-corrected chi connectivity index (χ1v) is 8.56. The van der Waals surface area contributed by atoms with Gasteiger partial charge in [0.25, 0.3) is 0 Å². The van der Waals surface area contributed by atoms with Crippen LogP contribution in [0.2, 0.25) is 5.28 Å². The molecule has 1 unspecified atom stereocenters. The number of thiophene rings is 1. The number of anilines is 1. The molecule has 0 amide bonds. The fourth-order valence-corrected chi connectivity index (χ4v) is 4.03. The largest absolute Gasteiger partial charge is 0.356 e. The third kappa shape index (κ3) is 2.77. The molecule has 0 radical (unpaired) electrons. The van der Waals surface area contributed by atoms with E-state index in [9.17, 15) is 0 Å². The fraction of sp³-hybridized carbons (Fsp3) is 0.600. The molecule has 0 bridgehead atoms. The van der Waals surface area contributed by atoms with Gasteiger partial charge in [0.15, 0.2) is 0 Å². The Morgan fingerprint density at radius 1 is 1.30 bits per heavy atom. The summed E-state index contributed by atoms with van der Waals surface area (Å²) in [5.74, 6) is 2.62. The molecule has 0 aromatic carbocycles. The van der Waals surface area contributed by atoms with Crippen molar-refractivity contribution < 1.29 is 0 Å². The summed E-state index contributed by atoms with van der Waals surface area (Å²) in [7, 11) is 0. The minimum Gasteiger partial charge on any atom is -0.356 e. The van der Waals surface area contributed by atoms with Crippen LogP contribution in [0.4, 0.5) is 5.82 Å². The van der Waals surface area contributed by atoms with Crippen molar-refractivity contribution in [2.75, 3.05) is 18.0 Å². The van der Waals surface area contributed by atoms with Gasteiger partial charge in [-0.2, -0.15) is 4.98 Å². The molecule has 3 rings (SSSR count). The number of nitrogens with zero attached hydrogens (tertiary/aromatic N) is 3. The average Bonchev–Trinajstić information content (AvgIpc) is 2.73. The first kappa shape index (κ1) is 14.1. The van der Waals surface area contributed by atoms with Gasteiger partial charge in [-0.05, 0) is 54.1 Å². The van der Waals surface area contributed by atoms with Crippen LogP contribution in [0.3, 0.4) is 0 Å². The van der Waals surface area contributed by atoms with E-state index in [2.05, 4.69) is 40.2 Å². The van der Waals surface area contributed by atoms with Crippen LogP contribution in [-0.4, -0.2) is 23.1 Å². The van der Waals surface area contributed by atoms with Crippen molar-refractivity contribution in [2.24, 2.45) is 11.8 Å². The van der Waals surface area contributed by atoms with Gasteiger partial charge in [-0.25, -0.2) is 4.98 Å². The molecule has 0 saturated carbocycles. The van der Waals surface area contributed by atoms with Gasteiger partial charge in [0.1, 0.15) is 10.6 Å². The summed E-state index contributed by atoms with van der Waals surface area (Å²) in [5, 5.41) is 3.57. The van der Waals surface area contributed by atoms with Crippen LogP contribution in [-0.2, 0) is 0 Å². The van der Waals surface area contributed by atoms with Crippen molar-refractivity contribution >= 4 is 39.0 Å². The summed E-state index contributed by atoms with van der Waals surface area (Å²) >= 11 is 7.71. The molecule has 3 heterocycles. The van der Waals surface area contributed by atoms with Gasteiger partial charge < -0.3 is 4.90 Å². The molecule has 1 fully saturated rings. The highest BCUT2D eigenvalue weighted by Crippen LogP contribution is 2.32. The highest BCUT2D eigenvalue weighted by atomic mass is 35.5. The van der Waals surface area contributed by atoms with Crippen molar-refractivity contribution in [1.29, 1.82) is 0 Å². The van der Waals surface area contributed by atoms with E-state index in [1.165, 1.54) is 19.3 Å². The third-order valence-electron chi connectivity index (χ3n) is 4.29. The minimum atomic E-state index is 0.361. The Balaban J connectivity index is 1.89. The summed E-state index contributed by atoms with van der Waals surface area (Å²) in [6.07, 6.45) is 3.79. The molecule has 0 N–H and O–H groups in total. The highest BCUT2D eigenvalue weighted by molar-refractivity contribution is 7.16. The summed E-state index contributed by atoms with van der Waals surface area (Å²) in [5.41, 5.74) is 0. The first-order chi connectivity index (χ1) is 9.65. The number of rotatable bonds is 2. The Bertz CT molecular complexity index is 596. The van der Waals surface area contributed by atoms with Crippen LogP contribution in [0.1, 0.15) is 33.1 Å². The van der Waals surface area contributed by atoms with Crippen LogP contribution in [0.25, 0.3) is 10.2 Å². The fourth-order valence-electron chi connectivity index (χ4n) is 3.06. The second kappa shape index (κ2) is 5.86. The normalized spacial score (nSPS) is 20.6. The second-order valence-electron chi connectivity index (χ2n) is 5.88. The zero-order valence-corrected chi connectivity index (χ0v) is 13.5. The third-order valence-corrected chi connectivity index (χ3v) is 5.27. The molecular formula is C15H20ClN3S. The number of hydrogen-bond acceptors (Lipinski definition) is 4. The van der Waals surface area contributed by atoms with Gasteiger partial charge in [-0.15, -0.1) is 11.3 Å². The first-order valence-electron chi connectivity index (χ1n) is 7.31. The van der Waals surface area contributed by atoms with Gasteiger partial charge >= 0.3 is 0 Å². The molecule has 0 spiro atoms. The van der Waals surface area contributed by atoms with E-state index in [1.807, 2.05) is 0 Å². The van der Waals surface area contributed by atoms with E-state index in [1.54, 1.807) is 11.3 Å². The quantitative estimate of drug-likeness (QED) is 0.759. The Morgan fingerprint density at radius 2 is 2.15 bits per heavy atom. The molecule has 2 aromatic heterocycles. The number of fused-ring (bicyclic) bond motifs is 1. The molecule has 1 saturated heterocycles. The Labute approximate surface area is 129 Å². The predicted molar refractivity (Wildman–Crippen MR) is 86.8 cm³/mol. The Kier molecular flexibility index (Phi) is 4.13. The monoisotopic (exact) mass is 309 g/mol. The minimum absolute atomic E-state index is 0.361. The van der Waals surface area contributed by atoms with Crippen LogP contribution < -0.4 is 4.90 Å². The lowest BCUT2D eigenvalue weighted by Crippen LogP contribution is -2.25. The molecule has 108 valence electrons. The van der Waals surface area contributed by atoms with Gasteiger partial charge in [0.2, 0.25) is 5.28 Å². The molecule has 1 atom stereocenters. The second-order valence-corrected chi connectivity index (χ2v) is 7.11. The molecule has 3 nitrogen and oxygen atoms in total. The molecule has 0 aliphatic carbocycles. The molecule has 5 heteroatoms. The zero-order valence-electron chi connectivity index (χ0n) is 12.0.